The second kappa shape index (κ2) is 5.64. The van der Waals surface area contributed by atoms with Gasteiger partial charge in [-0.3, -0.25) is 14.5 Å². The third kappa shape index (κ3) is 2.48. The number of rotatable bonds is 4. The van der Waals surface area contributed by atoms with Crippen LogP contribution in [0.25, 0.3) is 11.4 Å². The summed E-state index contributed by atoms with van der Waals surface area (Å²) in [5, 5.41) is 3.86. The Hall–Kier alpha value is -3.03. The van der Waals surface area contributed by atoms with Gasteiger partial charge in [-0.05, 0) is 19.4 Å². The van der Waals surface area contributed by atoms with Crippen LogP contribution in [0.1, 0.15) is 18.4 Å². The van der Waals surface area contributed by atoms with Gasteiger partial charge in [-0.1, -0.05) is 29.4 Å². The lowest BCUT2D eigenvalue weighted by atomic mass is 10.1. The largest absolute Gasteiger partial charge is 0.337 e. The minimum atomic E-state index is -0.882. The van der Waals surface area contributed by atoms with E-state index in [9.17, 15) is 14.4 Å². The maximum Gasteiger partial charge on any atom is 0.334 e. The molecule has 1 fully saturated rings. The highest BCUT2D eigenvalue weighted by molar-refractivity contribution is 6.44. The molecule has 2 heterocycles. The molecule has 3 rings (SSSR count). The highest BCUT2D eigenvalue weighted by Gasteiger charge is 2.44. The number of carbonyl (C=O) groups is 3. The van der Waals surface area contributed by atoms with Gasteiger partial charge in [-0.15, -0.1) is 0 Å². The highest BCUT2D eigenvalue weighted by atomic mass is 16.5. The van der Waals surface area contributed by atoms with Gasteiger partial charge >= 0.3 is 17.8 Å². The van der Waals surface area contributed by atoms with E-state index in [1.54, 1.807) is 6.92 Å². The normalized spacial score (nSPS) is 15.0. The monoisotopic (exact) mass is 314 g/mol. The van der Waals surface area contributed by atoms with Crippen molar-refractivity contribution in [2.24, 2.45) is 0 Å². The Morgan fingerprint density at radius 1 is 1.09 bits per heavy atom. The fourth-order valence-electron chi connectivity index (χ4n) is 2.36. The summed E-state index contributed by atoms with van der Waals surface area (Å²) in [6.07, 6.45) is 0. The maximum atomic E-state index is 12.0. The van der Waals surface area contributed by atoms with Crippen LogP contribution in [-0.4, -0.2) is 44.3 Å². The summed E-state index contributed by atoms with van der Waals surface area (Å²) in [4.78, 5) is 41.4. The van der Waals surface area contributed by atoms with Gasteiger partial charge in [-0.2, -0.15) is 4.98 Å². The first-order chi connectivity index (χ1) is 11.0. The zero-order chi connectivity index (χ0) is 16.6. The van der Waals surface area contributed by atoms with Crippen LogP contribution in [0, 0.1) is 6.92 Å². The van der Waals surface area contributed by atoms with Crippen molar-refractivity contribution in [2.75, 3.05) is 6.54 Å². The van der Waals surface area contributed by atoms with E-state index < -0.39 is 17.8 Å². The quantitative estimate of drug-likeness (QED) is 0.624. The Kier molecular flexibility index (Phi) is 3.65. The van der Waals surface area contributed by atoms with E-state index in [1.165, 1.54) is 0 Å². The Bertz CT molecular complexity index is 798. The molecule has 4 amide bonds. The van der Waals surface area contributed by atoms with Gasteiger partial charge in [0, 0.05) is 12.1 Å². The number of urea groups is 1. The van der Waals surface area contributed by atoms with Gasteiger partial charge in [-0.25, -0.2) is 9.69 Å². The van der Waals surface area contributed by atoms with Crippen molar-refractivity contribution in [3.8, 4) is 11.4 Å². The number of aromatic nitrogens is 2. The lowest BCUT2D eigenvalue weighted by Crippen LogP contribution is -2.32. The van der Waals surface area contributed by atoms with Crippen molar-refractivity contribution in [3.63, 3.8) is 0 Å². The molecule has 2 aromatic rings. The van der Waals surface area contributed by atoms with Crippen LogP contribution in [0.4, 0.5) is 4.79 Å². The lowest BCUT2D eigenvalue weighted by Gasteiger charge is -2.11. The van der Waals surface area contributed by atoms with Crippen LogP contribution in [0.5, 0.6) is 0 Å². The van der Waals surface area contributed by atoms with Crippen molar-refractivity contribution in [3.05, 3.63) is 35.7 Å². The minimum Gasteiger partial charge on any atom is -0.337 e. The molecule has 0 bridgehead atoms. The van der Waals surface area contributed by atoms with E-state index in [4.69, 9.17) is 4.52 Å². The third-order valence-corrected chi connectivity index (χ3v) is 3.60. The number of hydrogen-bond acceptors (Lipinski definition) is 6. The lowest BCUT2D eigenvalue weighted by molar-refractivity contribution is -0.143. The summed E-state index contributed by atoms with van der Waals surface area (Å²) < 4.78 is 5.10. The number of likely N-dealkylation sites (N-methyl/N-ethyl adjacent to an activating group) is 1. The van der Waals surface area contributed by atoms with Crippen LogP contribution < -0.4 is 0 Å². The van der Waals surface area contributed by atoms with E-state index in [0.29, 0.717) is 5.82 Å². The molecule has 0 unspecified atom stereocenters. The van der Waals surface area contributed by atoms with E-state index in [2.05, 4.69) is 10.1 Å². The van der Waals surface area contributed by atoms with Gasteiger partial charge < -0.3 is 4.52 Å². The first-order valence-electron chi connectivity index (χ1n) is 7.08. The Labute approximate surface area is 131 Å². The number of aryl methyl sites for hydroxylation is 1. The minimum absolute atomic E-state index is 0.0932. The van der Waals surface area contributed by atoms with Crippen LogP contribution in [0.2, 0.25) is 0 Å². The number of hydrogen-bond donors (Lipinski definition) is 0. The topological polar surface area (TPSA) is 96.6 Å². The van der Waals surface area contributed by atoms with Crippen LogP contribution >= 0.6 is 0 Å². The Balaban J connectivity index is 1.83. The van der Waals surface area contributed by atoms with Crippen LogP contribution in [-0.2, 0) is 16.1 Å². The zero-order valence-corrected chi connectivity index (χ0v) is 12.6. The number of imide groups is 2. The molecule has 0 radical (unpaired) electrons. The average molecular weight is 314 g/mol. The molecule has 1 aliphatic heterocycles. The third-order valence-electron chi connectivity index (χ3n) is 3.60. The molecule has 1 aromatic carbocycles. The van der Waals surface area contributed by atoms with E-state index in [-0.39, 0.29) is 19.0 Å². The predicted molar refractivity (Wildman–Crippen MR) is 77.8 cm³/mol. The van der Waals surface area contributed by atoms with E-state index >= 15 is 0 Å². The zero-order valence-electron chi connectivity index (χ0n) is 12.6. The smallest absolute Gasteiger partial charge is 0.334 e. The fourth-order valence-corrected chi connectivity index (χ4v) is 2.36. The molecular formula is C15H14N4O4. The van der Waals surface area contributed by atoms with Gasteiger partial charge in [0.05, 0.1) is 0 Å². The van der Waals surface area contributed by atoms with Crippen LogP contribution in [0.3, 0.4) is 0 Å². The summed E-state index contributed by atoms with van der Waals surface area (Å²) in [5.74, 6) is -1.25. The van der Waals surface area contributed by atoms with Crippen molar-refractivity contribution in [1.82, 2.24) is 19.9 Å². The molecule has 23 heavy (non-hydrogen) atoms. The Morgan fingerprint density at radius 2 is 1.78 bits per heavy atom. The molecule has 1 aromatic heterocycles. The first-order valence-corrected chi connectivity index (χ1v) is 7.08. The Morgan fingerprint density at radius 3 is 2.43 bits per heavy atom. The predicted octanol–water partition coefficient (Wildman–Crippen LogP) is 1.36. The molecule has 1 aliphatic rings. The second-order valence-corrected chi connectivity index (χ2v) is 5.05. The standard InChI is InChI=1S/C15H14N4O4/c1-3-18-13(20)14(21)19(15(18)22)8-11-16-12(17-23-11)10-7-5-4-6-9(10)2/h4-7H,3,8H2,1-2H3. The highest BCUT2D eigenvalue weighted by Crippen LogP contribution is 2.21. The number of amides is 4. The molecule has 0 spiro atoms. The van der Waals surface area contributed by atoms with Gasteiger partial charge in [0.25, 0.3) is 0 Å². The number of benzene rings is 1. The molecule has 8 heteroatoms. The molecule has 118 valence electrons. The number of carbonyl (C=O) groups excluding carboxylic acids is 3. The molecule has 0 atom stereocenters. The summed E-state index contributed by atoms with van der Waals surface area (Å²) in [6, 6.07) is 6.84. The maximum absolute atomic E-state index is 12.0. The molecule has 8 nitrogen and oxygen atoms in total. The van der Waals surface area contributed by atoms with Gasteiger partial charge in [0.15, 0.2) is 0 Å². The van der Waals surface area contributed by atoms with Crippen molar-refractivity contribution >= 4 is 17.8 Å². The number of nitrogens with zero attached hydrogens (tertiary/aromatic N) is 4. The molecule has 0 N–H and O–H groups in total. The van der Waals surface area contributed by atoms with Crippen molar-refractivity contribution in [1.29, 1.82) is 0 Å². The summed E-state index contributed by atoms with van der Waals surface area (Å²) in [5.41, 5.74) is 1.77. The van der Waals surface area contributed by atoms with Crippen molar-refractivity contribution < 1.29 is 18.9 Å². The van der Waals surface area contributed by atoms with Crippen molar-refractivity contribution in [2.45, 2.75) is 20.4 Å². The SMILES string of the molecule is CCN1C(=O)C(=O)N(Cc2nc(-c3ccccc3C)no2)C1=O. The summed E-state index contributed by atoms with van der Waals surface area (Å²) >= 11 is 0. The first kappa shape index (κ1) is 14.9. The fraction of sp³-hybridized carbons (Fsp3) is 0.267. The average Bonchev–Trinajstić information content (AvgIpc) is 3.08. The van der Waals surface area contributed by atoms with Crippen LogP contribution in [0.15, 0.2) is 28.8 Å². The summed E-state index contributed by atoms with van der Waals surface area (Å²) in [7, 11) is 0. The molecular weight excluding hydrogens is 300 g/mol. The summed E-state index contributed by atoms with van der Waals surface area (Å²) in [6.45, 7) is 3.45. The van der Waals surface area contributed by atoms with Gasteiger partial charge in [0.2, 0.25) is 11.7 Å². The van der Waals surface area contributed by atoms with E-state index in [0.717, 1.165) is 20.9 Å². The molecule has 1 saturated heterocycles. The molecule has 0 saturated carbocycles. The molecule has 0 aliphatic carbocycles. The van der Waals surface area contributed by atoms with Gasteiger partial charge in [0.1, 0.15) is 6.54 Å². The van der Waals surface area contributed by atoms with E-state index in [1.807, 2.05) is 31.2 Å². The second-order valence-electron chi connectivity index (χ2n) is 5.05.